The Labute approximate surface area is 200 Å². The average Bonchev–Trinajstić information content (AvgIpc) is 3.20. The van der Waals surface area contributed by atoms with Gasteiger partial charge in [0, 0.05) is 12.1 Å². The summed E-state index contributed by atoms with van der Waals surface area (Å²) in [6.45, 7) is 9.67. The van der Waals surface area contributed by atoms with Gasteiger partial charge in [-0.25, -0.2) is 4.98 Å². The second kappa shape index (κ2) is 9.59. The highest BCUT2D eigenvalue weighted by Gasteiger charge is 2.17. The fourth-order valence-corrected chi connectivity index (χ4v) is 4.37. The number of carbonyl (C=O) groups excluding carboxylic acids is 1. The largest absolute Gasteiger partial charge is 0.493 e. The van der Waals surface area contributed by atoms with Crippen LogP contribution in [0.5, 0.6) is 11.5 Å². The first-order valence-electron chi connectivity index (χ1n) is 11.3. The number of aromatic nitrogens is 2. The number of fused-ring (bicyclic) bond motifs is 1. The van der Waals surface area contributed by atoms with Crippen LogP contribution in [0.2, 0.25) is 0 Å². The van der Waals surface area contributed by atoms with Crippen molar-refractivity contribution in [3.05, 3.63) is 87.7 Å². The Morgan fingerprint density at radius 2 is 1.59 bits per heavy atom. The Bertz CT molecular complexity index is 1350. The fourth-order valence-electron chi connectivity index (χ4n) is 4.37. The Kier molecular flexibility index (Phi) is 6.59. The summed E-state index contributed by atoms with van der Waals surface area (Å²) < 4.78 is 12.8. The maximum Gasteiger partial charge on any atom is 0.251 e. The Morgan fingerprint density at radius 3 is 2.26 bits per heavy atom. The lowest BCUT2D eigenvalue weighted by atomic mass is 9.94. The number of para-hydroxylation sites is 2. The minimum absolute atomic E-state index is 0.196. The van der Waals surface area contributed by atoms with Gasteiger partial charge in [-0.3, -0.25) is 4.79 Å². The summed E-state index contributed by atoms with van der Waals surface area (Å²) in [5.41, 5.74) is 8.92. The maximum atomic E-state index is 12.9. The summed E-state index contributed by atoms with van der Waals surface area (Å²) in [6.07, 6.45) is 0. The van der Waals surface area contributed by atoms with E-state index in [1.807, 2.05) is 18.2 Å². The van der Waals surface area contributed by atoms with Gasteiger partial charge in [-0.05, 0) is 85.8 Å². The number of amides is 1. The van der Waals surface area contributed by atoms with Crippen LogP contribution in [0.4, 0.5) is 0 Å². The predicted molar refractivity (Wildman–Crippen MR) is 135 cm³/mol. The third kappa shape index (κ3) is 4.36. The van der Waals surface area contributed by atoms with E-state index < -0.39 is 0 Å². The zero-order valence-corrected chi connectivity index (χ0v) is 20.7. The van der Waals surface area contributed by atoms with Crippen molar-refractivity contribution in [2.75, 3.05) is 14.2 Å². The monoisotopic (exact) mass is 457 g/mol. The summed E-state index contributed by atoms with van der Waals surface area (Å²) in [5.74, 6) is 1.72. The summed E-state index contributed by atoms with van der Waals surface area (Å²) in [7, 11) is 3.13. The lowest BCUT2D eigenvalue weighted by Crippen LogP contribution is -2.25. The van der Waals surface area contributed by atoms with E-state index in [0.717, 1.165) is 16.9 Å². The van der Waals surface area contributed by atoms with Gasteiger partial charge in [-0.15, -0.1) is 0 Å². The maximum absolute atomic E-state index is 12.9. The van der Waals surface area contributed by atoms with Crippen LogP contribution in [0, 0.1) is 27.7 Å². The van der Waals surface area contributed by atoms with E-state index in [9.17, 15) is 4.79 Å². The Hall–Kier alpha value is -3.80. The highest BCUT2D eigenvalue weighted by molar-refractivity contribution is 5.94. The first-order chi connectivity index (χ1) is 16.3. The van der Waals surface area contributed by atoms with E-state index in [-0.39, 0.29) is 5.91 Å². The predicted octanol–water partition coefficient (Wildman–Crippen LogP) is 5.27. The smallest absolute Gasteiger partial charge is 0.251 e. The molecule has 0 saturated carbocycles. The van der Waals surface area contributed by atoms with Crippen LogP contribution in [-0.2, 0) is 13.1 Å². The van der Waals surface area contributed by atoms with Crippen LogP contribution in [0.15, 0.2) is 48.5 Å². The number of carbonyl (C=O) groups is 1. The third-order valence-electron chi connectivity index (χ3n) is 6.62. The van der Waals surface area contributed by atoms with Gasteiger partial charge in [-0.2, -0.15) is 0 Å². The molecule has 4 rings (SSSR count). The second-order valence-electron chi connectivity index (χ2n) is 8.59. The second-order valence-corrected chi connectivity index (χ2v) is 8.59. The van der Waals surface area contributed by atoms with Crippen molar-refractivity contribution >= 4 is 16.9 Å². The highest BCUT2D eigenvalue weighted by atomic mass is 16.5. The van der Waals surface area contributed by atoms with Gasteiger partial charge in [0.15, 0.2) is 11.5 Å². The van der Waals surface area contributed by atoms with Gasteiger partial charge >= 0.3 is 0 Å². The molecule has 1 N–H and O–H groups in total. The first-order valence-corrected chi connectivity index (χ1v) is 11.3. The zero-order valence-electron chi connectivity index (χ0n) is 20.7. The number of nitrogens with zero attached hydrogens (tertiary/aromatic N) is 2. The van der Waals surface area contributed by atoms with Gasteiger partial charge in [0.25, 0.3) is 5.91 Å². The van der Waals surface area contributed by atoms with Crippen molar-refractivity contribution in [1.82, 2.24) is 14.9 Å². The molecule has 1 heterocycles. The molecular weight excluding hydrogens is 426 g/mol. The molecule has 0 unspecified atom stereocenters. The molecule has 176 valence electrons. The van der Waals surface area contributed by atoms with Crippen molar-refractivity contribution in [3.63, 3.8) is 0 Å². The molecule has 1 aromatic heterocycles. The van der Waals surface area contributed by atoms with Gasteiger partial charge in [0.05, 0.1) is 31.8 Å². The lowest BCUT2D eigenvalue weighted by Gasteiger charge is -2.18. The van der Waals surface area contributed by atoms with Crippen LogP contribution in [0.1, 0.15) is 44.0 Å². The van der Waals surface area contributed by atoms with E-state index in [1.54, 1.807) is 32.4 Å². The summed E-state index contributed by atoms with van der Waals surface area (Å²) >= 11 is 0. The first kappa shape index (κ1) is 23.4. The zero-order chi connectivity index (χ0) is 24.4. The minimum Gasteiger partial charge on any atom is -0.493 e. The van der Waals surface area contributed by atoms with Gasteiger partial charge in [-0.1, -0.05) is 18.2 Å². The van der Waals surface area contributed by atoms with Crippen molar-refractivity contribution < 1.29 is 14.3 Å². The number of benzene rings is 3. The van der Waals surface area contributed by atoms with Gasteiger partial charge in [0.2, 0.25) is 0 Å². The SMILES string of the molecule is COc1ccc(C(=O)NCc2nc3ccccc3n2Cc2c(C)c(C)cc(C)c2C)cc1OC. The summed E-state index contributed by atoms with van der Waals surface area (Å²) in [6, 6.07) is 15.5. The van der Waals surface area contributed by atoms with Crippen LogP contribution in [0.25, 0.3) is 11.0 Å². The van der Waals surface area contributed by atoms with Gasteiger partial charge in [0.1, 0.15) is 5.82 Å². The van der Waals surface area contributed by atoms with Crippen molar-refractivity contribution in [1.29, 1.82) is 0 Å². The molecule has 0 saturated heterocycles. The highest BCUT2D eigenvalue weighted by Crippen LogP contribution is 2.28. The van der Waals surface area contributed by atoms with Crippen molar-refractivity contribution in [3.8, 4) is 11.5 Å². The molecule has 0 atom stereocenters. The lowest BCUT2D eigenvalue weighted by molar-refractivity contribution is 0.0949. The van der Waals surface area contributed by atoms with E-state index >= 15 is 0 Å². The number of hydrogen-bond acceptors (Lipinski definition) is 4. The molecule has 0 radical (unpaired) electrons. The third-order valence-corrected chi connectivity index (χ3v) is 6.62. The molecule has 0 bridgehead atoms. The number of hydrogen-bond donors (Lipinski definition) is 1. The molecule has 0 fully saturated rings. The molecule has 6 heteroatoms. The van der Waals surface area contributed by atoms with E-state index in [0.29, 0.717) is 30.2 Å². The molecule has 3 aromatic carbocycles. The molecule has 34 heavy (non-hydrogen) atoms. The van der Waals surface area contributed by atoms with Crippen molar-refractivity contribution in [2.24, 2.45) is 0 Å². The van der Waals surface area contributed by atoms with E-state index in [1.165, 1.54) is 27.8 Å². The van der Waals surface area contributed by atoms with Crippen molar-refractivity contribution in [2.45, 2.75) is 40.8 Å². The van der Waals surface area contributed by atoms with E-state index in [2.05, 4.69) is 49.7 Å². The Balaban J connectivity index is 1.66. The topological polar surface area (TPSA) is 65.4 Å². The number of aryl methyl sites for hydroxylation is 2. The number of methoxy groups -OCH3 is 2. The molecule has 6 nitrogen and oxygen atoms in total. The van der Waals surface area contributed by atoms with Crippen LogP contribution in [-0.4, -0.2) is 29.7 Å². The average molecular weight is 458 g/mol. The molecule has 0 spiro atoms. The molecule has 0 aliphatic heterocycles. The Morgan fingerprint density at radius 1 is 0.912 bits per heavy atom. The van der Waals surface area contributed by atoms with Crippen LogP contribution < -0.4 is 14.8 Å². The standard InChI is InChI=1S/C28H31N3O3/c1-17-13-18(2)20(4)22(19(17)3)16-31-24-10-8-7-9-23(24)30-27(31)15-29-28(32)21-11-12-25(33-5)26(14-21)34-6/h7-14H,15-16H2,1-6H3,(H,29,32). The number of ether oxygens (including phenoxy) is 2. The quantitative estimate of drug-likeness (QED) is 0.411. The van der Waals surface area contributed by atoms with Crippen LogP contribution in [0.3, 0.4) is 0 Å². The minimum atomic E-state index is -0.196. The number of nitrogens with one attached hydrogen (secondary N) is 1. The molecular formula is C28H31N3O3. The van der Waals surface area contributed by atoms with E-state index in [4.69, 9.17) is 14.5 Å². The fraction of sp³-hybridized carbons (Fsp3) is 0.286. The number of imidazole rings is 1. The van der Waals surface area contributed by atoms with Gasteiger partial charge < -0.3 is 19.4 Å². The molecule has 0 aliphatic carbocycles. The molecule has 0 aliphatic rings. The molecule has 4 aromatic rings. The number of rotatable bonds is 7. The molecule has 1 amide bonds. The normalized spacial score (nSPS) is 11.0. The summed E-state index contributed by atoms with van der Waals surface area (Å²) in [5, 5.41) is 3.02. The summed E-state index contributed by atoms with van der Waals surface area (Å²) in [4.78, 5) is 17.8. The van der Waals surface area contributed by atoms with Crippen LogP contribution >= 0.6 is 0 Å².